The molecule has 0 saturated heterocycles. The van der Waals surface area contributed by atoms with Crippen molar-refractivity contribution in [2.24, 2.45) is 7.05 Å². The van der Waals surface area contributed by atoms with Gasteiger partial charge in [0.2, 0.25) is 10.0 Å². The van der Waals surface area contributed by atoms with Crippen molar-refractivity contribution in [1.82, 2.24) is 14.5 Å². The molecule has 0 bridgehead atoms. The Morgan fingerprint density at radius 2 is 2.24 bits per heavy atom. The lowest BCUT2D eigenvalue weighted by molar-refractivity contribution is 0.581. The number of sulfonamides is 1. The molecule has 2 heterocycles. The summed E-state index contributed by atoms with van der Waals surface area (Å²) in [6.45, 7) is 3.02. The first-order valence-electron chi connectivity index (χ1n) is 6.81. The fourth-order valence-electron chi connectivity index (χ4n) is 2.42. The lowest BCUT2D eigenvalue weighted by atomic mass is 10.2. The molecule has 0 fully saturated rings. The van der Waals surface area contributed by atoms with Gasteiger partial charge < -0.3 is 5.32 Å². The van der Waals surface area contributed by atoms with E-state index in [0.717, 1.165) is 35.5 Å². The Balaban J connectivity index is 1.79. The molecule has 0 aliphatic carbocycles. The minimum absolute atomic E-state index is 0.247. The summed E-state index contributed by atoms with van der Waals surface area (Å²) in [4.78, 5) is 0.312. The highest BCUT2D eigenvalue weighted by Crippen LogP contribution is 2.25. The van der Waals surface area contributed by atoms with Crippen LogP contribution >= 0.6 is 0 Å². The fourth-order valence-corrected chi connectivity index (χ4v) is 3.48. The predicted molar refractivity (Wildman–Crippen MR) is 80.6 cm³/mol. The molecule has 1 aliphatic rings. The molecular formula is C14H18N4O2S. The Hall–Kier alpha value is -1.86. The van der Waals surface area contributed by atoms with Crippen LogP contribution < -0.4 is 10.0 Å². The zero-order valence-corrected chi connectivity index (χ0v) is 12.9. The number of fused-ring (bicyclic) bond motifs is 1. The van der Waals surface area contributed by atoms with Crippen LogP contribution in [-0.2, 0) is 30.0 Å². The molecule has 112 valence electrons. The van der Waals surface area contributed by atoms with Gasteiger partial charge in [0.05, 0.1) is 11.1 Å². The van der Waals surface area contributed by atoms with Gasteiger partial charge in [-0.15, -0.1) is 0 Å². The number of anilines is 1. The first kappa shape index (κ1) is 14.1. The topological polar surface area (TPSA) is 76.0 Å². The third-order valence-electron chi connectivity index (χ3n) is 3.89. The monoisotopic (exact) mass is 306 g/mol. The minimum Gasteiger partial charge on any atom is -0.384 e. The van der Waals surface area contributed by atoms with Gasteiger partial charge in [-0.25, -0.2) is 13.1 Å². The molecule has 6 nitrogen and oxygen atoms in total. The number of nitrogens with zero attached hydrogens (tertiary/aromatic N) is 2. The number of nitrogens with one attached hydrogen (secondary N) is 2. The molecule has 0 amide bonds. The van der Waals surface area contributed by atoms with E-state index in [1.807, 2.05) is 20.0 Å². The fraction of sp³-hybridized carbons (Fsp3) is 0.357. The van der Waals surface area contributed by atoms with Crippen molar-refractivity contribution in [3.05, 3.63) is 41.2 Å². The molecule has 1 aromatic carbocycles. The maximum atomic E-state index is 12.4. The van der Waals surface area contributed by atoms with Crippen molar-refractivity contribution in [2.45, 2.75) is 24.8 Å². The Labute approximate surface area is 124 Å². The zero-order valence-electron chi connectivity index (χ0n) is 12.0. The normalized spacial score (nSPS) is 14.0. The van der Waals surface area contributed by atoms with E-state index in [2.05, 4.69) is 15.1 Å². The number of benzene rings is 1. The maximum absolute atomic E-state index is 12.4. The number of aromatic nitrogens is 2. The molecule has 0 spiro atoms. The van der Waals surface area contributed by atoms with E-state index >= 15 is 0 Å². The molecule has 7 heteroatoms. The summed E-state index contributed by atoms with van der Waals surface area (Å²) >= 11 is 0. The first-order chi connectivity index (χ1) is 9.97. The second kappa shape index (κ2) is 5.16. The molecule has 1 aliphatic heterocycles. The van der Waals surface area contributed by atoms with Crippen molar-refractivity contribution in [3.8, 4) is 0 Å². The van der Waals surface area contributed by atoms with Crippen LogP contribution in [0.4, 0.5) is 5.69 Å². The second-order valence-corrected chi connectivity index (χ2v) is 6.97. The summed E-state index contributed by atoms with van der Waals surface area (Å²) in [5.74, 6) is 0. The lowest BCUT2D eigenvalue weighted by Crippen LogP contribution is -2.23. The molecule has 0 saturated carbocycles. The SMILES string of the molecule is Cc1c(CNS(=O)(=O)c2ccc3c(c2)CCN3)cnn1C. The molecule has 0 unspecified atom stereocenters. The number of aryl methyl sites for hydroxylation is 1. The Bertz CT molecular complexity index is 780. The summed E-state index contributed by atoms with van der Waals surface area (Å²) in [5, 5.41) is 7.33. The lowest BCUT2D eigenvalue weighted by Gasteiger charge is -2.08. The van der Waals surface area contributed by atoms with Gasteiger partial charge in [-0.3, -0.25) is 4.68 Å². The van der Waals surface area contributed by atoms with Gasteiger partial charge in [-0.1, -0.05) is 0 Å². The average Bonchev–Trinajstić information content (AvgIpc) is 3.04. The van der Waals surface area contributed by atoms with Crippen molar-refractivity contribution >= 4 is 15.7 Å². The van der Waals surface area contributed by atoms with E-state index in [0.29, 0.717) is 4.90 Å². The highest BCUT2D eigenvalue weighted by molar-refractivity contribution is 7.89. The van der Waals surface area contributed by atoms with E-state index in [4.69, 9.17) is 0 Å². The molecule has 0 radical (unpaired) electrons. The highest BCUT2D eigenvalue weighted by Gasteiger charge is 2.18. The predicted octanol–water partition coefficient (Wildman–Crippen LogP) is 1.18. The van der Waals surface area contributed by atoms with Crippen molar-refractivity contribution in [1.29, 1.82) is 0 Å². The van der Waals surface area contributed by atoms with E-state index in [1.54, 1.807) is 23.0 Å². The van der Waals surface area contributed by atoms with Crippen LogP contribution in [0.2, 0.25) is 0 Å². The van der Waals surface area contributed by atoms with E-state index in [9.17, 15) is 8.42 Å². The number of hydrogen-bond acceptors (Lipinski definition) is 4. The van der Waals surface area contributed by atoms with Gasteiger partial charge in [0.25, 0.3) is 0 Å². The minimum atomic E-state index is -3.50. The Morgan fingerprint density at radius 1 is 1.43 bits per heavy atom. The summed E-state index contributed by atoms with van der Waals surface area (Å²) in [5.41, 5.74) is 3.91. The van der Waals surface area contributed by atoms with Gasteiger partial charge in [-0.05, 0) is 37.1 Å². The van der Waals surface area contributed by atoms with Crippen LogP contribution in [0.5, 0.6) is 0 Å². The van der Waals surface area contributed by atoms with Gasteiger partial charge in [0.15, 0.2) is 0 Å². The summed E-state index contributed by atoms with van der Waals surface area (Å²) in [6, 6.07) is 5.20. The third kappa shape index (κ3) is 2.66. The van der Waals surface area contributed by atoms with Gasteiger partial charge in [-0.2, -0.15) is 5.10 Å². The standard InChI is InChI=1S/C14H18N4O2S/c1-10-12(8-16-18(10)2)9-17-21(19,20)13-3-4-14-11(7-13)5-6-15-14/h3-4,7-8,15,17H,5-6,9H2,1-2H3. The summed E-state index contributed by atoms with van der Waals surface area (Å²) in [7, 11) is -1.67. The first-order valence-corrected chi connectivity index (χ1v) is 8.29. The van der Waals surface area contributed by atoms with Gasteiger partial charge in [0, 0.05) is 37.1 Å². The van der Waals surface area contributed by atoms with Gasteiger partial charge in [0.1, 0.15) is 0 Å². The van der Waals surface area contributed by atoms with Crippen molar-refractivity contribution < 1.29 is 8.42 Å². The maximum Gasteiger partial charge on any atom is 0.240 e. The average molecular weight is 306 g/mol. The summed E-state index contributed by atoms with van der Waals surface area (Å²) < 4.78 is 29.1. The van der Waals surface area contributed by atoms with Crippen LogP contribution in [0.1, 0.15) is 16.8 Å². The van der Waals surface area contributed by atoms with Crippen LogP contribution in [0.25, 0.3) is 0 Å². The molecule has 2 aromatic rings. The van der Waals surface area contributed by atoms with Crippen LogP contribution in [0, 0.1) is 6.92 Å². The largest absolute Gasteiger partial charge is 0.384 e. The van der Waals surface area contributed by atoms with Crippen molar-refractivity contribution in [2.75, 3.05) is 11.9 Å². The molecule has 21 heavy (non-hydrogen) atoms. The van der Waals surface area contributed by atoms with E-state index in [1.165, 1.54) is 0 Å². The molecule has 3 rings (SSSR count). The molecule has 0 atom stereocenters. The molecular weight excluding hydrogens is 288 g/mol. The molecule has 2 N–H and O–H groups in total. The third-order valence-corrected chi connectivity index (χ3v) is 5.29. The van der Waals surface area contributed by atoms with E-state index in [-0.39, 0.29) is 6.54 Å². The van der Waals surface area contributed by atoms with Gasteiger partial charge >= 0.3 is 0 Å². The quantitative estimate of drug-likeness (QED) is 0.889. The highest BCUT2D eigenvalue weighted by atomic mass is 32.2. The van der Waals surface area contributed by atoms with Crippen LogP contribution in [0.15, 0.2) is 29.3 Å². The van der Waals surface area contributed by atoms with E-state index < -0.39 is 10.0 Å². The van der Waals surface area contributed by atoms with Crippen LogP contribution in [0.3, 0.4) is 0 Å². The Kier molecular flexibility index (Phi) is 3.46. The summed E-state index contributed by atoms with van der Waals surface area (Å²) in [6.07, 6.45) is 2.55. The molecule has 1 aromatic heterocycles. The number of hydrogen-bond donors (Lipinski definition) is 2. The second-order valence-electron chi connectivity index (χ2n) is 5.20. The van der Waals surface area contributed by atoms with Crippen molar-refractivity contribution in [3.63, 3.8) is 0 Å². The van der Waals surface area contributed by atoms with Crippen LogP contribution in [-0.4, -0.2) is 24.7 Å². The smallest absolute Gasteiger partial charge is 0.240 e. The Morgan fingerprint density at radius 3 is 2.95 bits per heavy atom. The zero-order chi connectivity index (χ0) is 15.0. The number of rotatable bonds is 4.